The highest BCUT2D eigenvalue weighted by Crippen LogP contribution is 2.09. The number of hydrogen-bond acceptors (Lipinski definition) is 4. The van der Waals surface area contributed by atoms with Crippen molar-refractivity contribution in [3.05, 3.63) is 0 Å². The van der Waals surface area contributed by atoms with Crippen LogP contribution in [0.2, 0.25) is 0 Å². The van der Waals surface area contributed by atoms with E-state index in [9.17, 15) is 4.79 Å². The molecule has 0 aromatic carbocycles. The summed E-state index contributed by atoms with van der Waals surface area (Å²) in [5.41, 5.74) is 0. The number of carbonyl (C=O) groups is 1. The molecule has 2 N–H and O–H groups in total. The fourth-order valence-corrected chi connectivity index (χ4v) is 2.20. The number of likely N-dealkylation sites (tertiary alicyclic amines) is 1. The van der Waals surface area contributed by atoms with Crippen molar-refractivity contribution in [2.24, 2.45) is 5.92 Å². The zero-order chi connectivity index (χ0) is 16.8. The summed E-state index contributed by atoms with van der Waals surface area (Å²) in [5.74, 6) is 0.911. The Kier molecular flexibility index (Phi) is 13.6. The summed E-state index contributed by atoms with van der Waals surface area (Å²) in [6, 6.07) is 0. The van der Waals surface area contributed by atoms with E-state index in [2.05, 4.69) is 25.7 Å². The summed E-state index contributed by atoms with van der Waals surface area (Å²) in [4.78, 5) is 15.7. The zero-order valence-corrected chi connectivity index (χ0v) is 14.8. The second-order valence-corrected chi connectivity index (χ2v) is 6.28. The van der Waals surface area contributed by atoms with Gasteiger partial charge in [-0.3, -0.25) is 4.79 Å². The Hall–Kier alpha value is -0.650. The highest BCUT2D eigenvalue weighted by molar-refractivity contribution is 5.76. The number of rotatable bonds is 8. The van der Waals surface area contributed by atoms with Crippen LogP contribution in [0.3, 0.4) is 0 Å². The smallest absolute Gasteiger partial charge is 0.224 e. The number of nitrogens with zero attached hydrogens (tertiary/aromatic N) is 2. The molecule has 5 heteroatoms. The van der Waals surface area contributed by atoms with E-state index < -0.39 is 0 Å². The molecule has 0 bridgehead atoms. The Bertz CT molecular complexity index is 267. The van der Waals surface area contributed by atoms with E-state index in [0.717, 1.165) is 25.6 Å². The third-order valence-electron chi connectivity index (χ3n) is 4.00. The van der Waals surface area contributed by atoms with Crippen molar-refractivity contribution in [1.29, 1.82) is 0 Å². The first-order chi connectivity index (χ1) is 10.5. The van der Waals surface area contributed by atoms with E-state index >= 15 is 0 Å². The molecule has 0 radical (unpaired) electrons. The standard InChI is InChI=1S/C12H24N2O3.C5H12.H2/c15-10-8-14(9-11-16)12(17)4-7-13-5-2-1-3-6-13;1-4-5(2)3;/h15-16H,1-11H2;5H,4H2,1-3H3;1H. The lowest BCUT2D eigenvalue weighted by Crippen LogP contribution is -2.39. The number of carbonyl (C=O) groups excluding carboxylic acids is 1. The van der Waals surface area contributed by atoms with Crippen molar-refractivity contribution in [2.45, 2.75) is 52.9 Å². The van der Waals surface area contributed by atoms with Crippen LogP contribution in [0.15, 0.2) is 0 Å². The van der Waals surface area contributed by atoms with Crippen LogP contribution in [0.4, 0.5) is 0 Å². The highest BCUT2D eigenvalue weighted by Gasteiger charge is 2.15. The molecule has 0 spiro atoms. The summed E-state index contributed by atoms with van der Waals surface area (Å²) in [5, 5.41) is 17.7. The van der Waals surface area contributed by atoms with E-state index in [-0.39, 0.29) is 20.5 Å². The number of amides is 1. The maximum absolute atomic E-state index is 11.8. The maximum atomic E-state index is 11.8. The summed E-state index contributed by atoms with van der Waals surface area (Å²) in [6.07, 6.45) is 5.54. The fraction of sp³-hybridized carbons (Fsp3) is 0.941. The Labute approximate surface area is 137 Å². The van der Waals surface area contributed by atoms with Crippen molar-refractivity contribution in [3.8, 4) is 0 Å². The molecular formula is C17H38N2O3. The average molecular weight is 319 g/mol. The van der Waals surface area contributed by atoms with Crippen LogP contribution in [0.25, 0.3) is 0 Å². The van der Waals surface area contributed by atoms with E-state index in [1.54, 1.807) is 0 Å². The molecule has 1 saturated heterocycles. The van der Waals surface area contributed by atoms with E-state index in [1.165, 1.54) is 30.6 Å². The van der Waals surface area contributed by atoms with Crippen LogP contribution in [0, 0.1) is 5.92 Å². The summed E-state index contributed by atoms with van der Waals surface area (Å²) in [7, 11) is 0. The first kappa shape index (κ1) is 21.4. The van der Waals surface area contributed by atoms with Gasteiger partial charge in [-0.05, 0) is 31.8 Å². The zero-order valence-electron chi connectivity index (χ0n) is 14.8. The fourth-order valence-electron chi connectivity index (χ4n) is 2.20. The van der Waals surface area contributed by atoms with E-state index in [1.807, 2.05) is 0 Å². The molecule has 1 fully saturated rings. The maximum Gasteiger partial charge on any atom is 0.224 e. The van der Waals surface area contributed by atoms with Gasteiger partial charge >= 0.3 is 0 Å². The van der Waals surface area contributed by atoms with Crippen LogP contribution in [-0.4, -0.2) is 71.9 Å². The van der Waals surface area contributed by atoms with Gasteiger partial charge < -0.3 is 20.0 Å². The predicted molar refractivity (Wildman–Crippen MR) is 92.9 cm³/mol. The third-order valence-corrected chi connectivity index (χ3v) is 4.00. The third kappa shape index (κ3) is 11.0. The molecule has 5 nitrogen and oxygen atoms in total. The molecule has 0 saturated carbocycles. The van der Waals surface area contributed by atoms with Crippen LogP contribution < -0.4 is 0 Å². The molecule has 1 heterocycles. The molecular weight excluding hydrogens is 280 g/mol. The van der Waals surface area contributed by atoms with Crippen LogP contribution in [0.1, 0.15) is 54.3 Å². The molecule has 1 amide bonds. The minimum Gasteiger partial charge on any atom is -0.395 e. The topological polar surface area (TPSA) is 64.0 Å². The SMILES string of the molecule is CCC(C)C.O=C(CCN1CCCCC1)N(CCO)CCO.[HH]. The lowest BCUT2D eigenvalue weighted by Gasteiger charge is -2.27. The number of aliphatic hydroxyl groups excluding tert-OH is 2. The first-order valence-electron chi connectivity index (χ1n) is 8.76. The molecule has 0 aliphatic carbocycles. The van der Waals surface area contributed by atoms with Gasteiger partial charge in [-0.1, -0.05) is 33.6 Å². The Morgan fingerprint density at radius 3 is 2.05 bits per heavy atom. The van der Waals surface area contributed by atoms with Crippen LogP contribution >= 0.6 is 0 Å². The number of aliphatic hydroxyl groups is 2. The second-order valence-electron chi connectivity index (χ2n) is 6.28. The predicted octanol–water partition coefficient (Wildman–Crippen LogP) is 1.97. The Morgan fingerprint density at radius 2 is 1.64 bits per heavy atom. The minimum absolute atomic E-state index is 0. The molecule has 1 aliphatic rings. The summed E-state index contributed by atoms with van der Waals surface area (Å²) < 4.78 is 0. The number of hydrogen-bond donors (Lipinski definition) is 2. The minimum atomic E-state index is -0.0462. The van der Waals surface area contributed by atoms with Crippen LogP contribution in [0.5, 0.6) is 0 Å². The quantitative estimate of drug-likeness (QED) is 0.718. The largest absolute Gasteiger partial charge is 0.395 e. The van der Waals surface area contributed by atoms with Crippen LogP contribution in [-0.2, 0) is 4.79 Å². The molecule has 0 aromatic rings. The monoisotopic (exact) mass is 318 g/mol. The van der Waals surface area contributed by atoms with Gasteiger partial charge in [-0.2, -0.15) is 0 Å². The molecule has 0 atom stereocenters. The van der Waals surface area contributed by atoms with Gasteiger partial charge in [0.1, 0.15) is 0 Å². The van der Waals surface area contributed by atoms with E-state index in [0.29, 0.717) is 19.5 Å². The van der Waals surface area contributed by atoms with Crippen molar-refractivity contribution in [1.82, 2.24) is 9.80 Å². The van der Waals surface area contributed by atoms with Gasteiger partial charge in [0.15, 0.2) is 0 Å². The molecule has 0 unspecified atom stereocenters. The highest BCUT2D eigenvalue weighted by atomic mass is 16.3. The Morgan fingerprint density at radius 1 is 1.14 bits per heavy atom. The van der Waals surface area contributed by atoms with Gasteiger partial charge in [0.25, 0.3) is 0 Å². The first-order valence-corrected chi connectivity index (χ1v) is 8.76. The molecule has 134 valence electrons. The summed E-state index contributed by atoms with van der Waals surface area (Å²) in [6.45, 7) is 10.2. The van der Waals surface area contributed by atoms with E-state index in [4.69, 9.17) is 10.2 Å². The normalized spacial score (nSPS) is 15.4. The number of piperidine rings is 1. The Balaban J connectivity index is 0. The van der Waals surface area contributed by atoms with Gasteiger partial charge in [0.05, 0.1) is 13.2 Å². The van der Waals surface area contributed by atoms with Crippen molar-refractivity contribution < 1.29 is 16.4 Å². The second kappa shape index (κ2) is 14.0. The molecule has 0 aromatic heterocycles. The lowest BCUT2D eigenvalue weighted by atomic mass is 10.1. The van der Waals surface area contributed by atoms with Crippen molar-refractivity contribution in [2.75, 3.05) is 45.9 Å². The van der Waals surface area contributed by atoms with Crippen molar-refractivity contribution >= 4 is 5.91 Å². The molecule has 1 rings (SSSR count). The van der Waals surface area contributed by atoms with Gasteiger partial charge in [0, 0.05) is 27.5 Å². The van der Waals surface area contributed by atoms with Gasteiger partial charge in [-0.25, -0.2) is 0 Å². The average Bonchev–Trinajstić information content (AvgIpc) is 2.54. The molecule has 22 heavy (non-hydrogen) atoms. The van der Waals surface area contributed by atoms with Gasteiger partial charge in [-0.15, -0.1) is 0 Å². The lowest BCUT2D eigenvalue weighted by molar-refractivity contribution is -0.132. The summed E-state index contributed by atoms with van der Waals surface area (Å²) >= 11 is 0. The van der Waals surface area contributed by atoms with Crippen molar-refractivity contribution in [3.63, 3.8) is 0 Å². The van der Waals surface area contributed by atoms with Gasteiger partial charge in [0.2, 0.25) is 5.91 Å². The molecule has 1 aliphatic heterocycles.